The number of hydrogen-bond donors (Lipinski definition) is 1. The minimum absolute atomic E-state index is 0.297. The zero-order chi connectivity index (χ0) is 16.3. The molecule has 0 fully saturated rings. The first kappa shape index (κ1) is 16.3. The summed E-state index contributed by atoms with van der Waals surface area (Å²) in [6, 6.07) is 0. The predicted octanol–water partition coefficient (Wildman–Crippen LogP) is 0.478. The van der Waals surface area contributed by atoms with E-state index < -0.39 is 0 Å². The number of ether oxygens (including phenoxy) is 1. The van der Waals surface area contributed by atoms with Gasteiger partial charge in [-0.25, -0.2) is 4.79 Å². The molecule has 2 aromatic heterocycles. The van der Waals surface area contributed by atoms with Gasteiger partial charge in [0.2, 0.25) is 5.95 Å². The van der Waals surface area contributed by atoms with Crippen LogP contribution in [0.3, 0.4) is 0 Å². The van der Waals surface area contributed by atoms with E-state index in [1.54, 1.807) is 14.0 Å². The molecule has 122 valence electrons. The molecule has 0 bridgehead atoms. The number of hydrogen-bond acceptors (Lipinski definition) is 5. The number of aryl methyl sites for hydroxylation is 1. The molecule has 0 aliphatic carbocycles. The van der Waals surface area contributed by atoms with Crippen LogP contribution in [-0.2, 0) is 24.4 Å². The molecule has 2 heterocycles. The number of fused-ring (bicyclic) bond motifs is 1. The van der Waals surface area contributed by atoms with Crippen molar-refractivity contribution in [2.45, 2.75) is 40.4 Å². The fraction of sp³-hybridized carbons (Fsp3) is 0.643. The smallest absolute Gasteiger partial charge is 0.332 e. The van der Waals surface area contributed by atoms with E-state index in [1.807, 2.05) is 18.4 Å². The van der Waals surface area contributed by atoms with E-state index in [0.29, 0.717) is 49.9 Å². The molecule has 0 radical (unpaired) electrons. The Morgan fingerprint density at radius 2 is 1.77 bits per heavy atom. The molecule has 8 heteroatoms. The molecule has 0 saturated carbocycles. The second-order valence-electron chi connectivity index (χ2n) is 4.86. The lowest BCUT2D eigenvalue weighted by Crippen LogP contribution is -2.40. The van der Waals surface area contributed by atoms with Crippen LogP contribution in [0.1, 0.15) is 20.8 Å². The number of methoxy groups -OCH3 is 1. The quantitative estimate of drug-likeness (QED) is 0.804. The fourth-order valence-electron chi connectivity index (χ4n) is 2.55. The zero-order valence-electron chi connectivity index (χ0n) is 13.5. The highest BCUT2D eigenvalue weighted by molar-refractivity contribution is 5.74. The van der Waals surface area contributed by atoms with Crippen LogP contribution in [0.4, 0.5) is 5.95 Å². The maximum atomic E-state index is 12.6. The molecule has 2 aromatic rings. The third kappa shape index (κ3) is 2.54. The van der Waals surface area contributed by atoms with E-state index in [0.717, 1.165) is 0 Å². The maximum Gasteiger partial charge on any atom is 0.332 e. The van der Waals surface area contributed by atoms with Gasteiger partial charge in [-0.3, -0.25) is 13.9 Å². The van der Waals surface area contributed by atoms with Crippen molar-refractivity contribution in [1.82, 2.24) is 18.7 Å². The fourth-order valence-corrected chi connectivity index (χ4v) is 2.55. The molecule has 0 saturated heterocycles. The molecule has 0 aliphatic heterocycles. The molecule has 0 amide bonds. The third-order valence-electron chi connectivity index (χ3n) is 3.60. The van der Waals surface area contributed by atoms with E-state index in [-0.39, 0.29) is 11.2 Å². The van der Waals surface area contributed by atoms with Crippen LogP contribution < -0.4 is 16.6 Å². The van der Waals surface area contributed by atoms with Gasteiger partial charge >= 0.3 is 5.69 Å². The number of anilines is 1. The van der Waals surface area contributed by atoms with Crippen molar-refractivity contribution in [3.63, 3.8) is 0 Å². The summed E-state index contributed by atoms with van der Waals surface area (Å²) in [5.41, 5.74) is 0.223. The standard InChI is InChI=1S/C14H23N5O3/c1-5-15-13-16-11-10(17(13)6-2)12(20)18(7-3)14(21)19(11)8-9-22-4/h5-9H2,1-4H3,(H,15,16). The molecule has 0 atom stereocenters. The van der Waals surface area contributed by atoms with Gasteiger partial charge in [0.25, 0.3) is 5.56 Å². The predicted molar refractivity (Wildman–Crippen MR) is 85.6 cm³/mol. The van der Waals surface area contributed by atoms with Crippen LogP contribution >= 0.6 is 0 Å². The van der Waals surface area contributed by atoms with E-state index in [1.165, 1.54) is 9.13 Å². The molecular weight excluding hydrogens is 286 g/mol. The highest BCUT2D eigenvalue weighted by Crippen LogP contribution is 2.15. The first-order valence-electron chi connectivity index (χ1n) is 7.57. The molecular formula is C14H23N5O3. The van der Waals surface area contributed by atoms with Gasteiger partial charge < -0.3 is 14.6 Å². The average molecular weight is 309 g/mol. The zero-order valence-corrected chi connectivity index (χ0v) is 13.5. The minimum atomic E-state index is -0.346. The monoisotopic (exact) mass is 309 g/mol. The van der Waals surface area contributed by atoms with Crippen LogP contribution in [0, 0.1) is 0 Å². The number of imidazole rings is 1. The number of nitrogens with zero attached hydrogens (tertiary/aromatic N) is 4. The van der Waals surface area contributed by atoms with Crippen LogP contribution in [-0.4, -0.2) is 38.9 Å². The minimum Gasteiger partial charge on any atom is -0.383 e. The lowest BCUT2D eigenvalue weighted by atomic mass is 10.4. The lowest BCUT2D eigenvalue weighted by Gasteiger charge is -2.10. The van der Waals surface area contributed by atoms with Gasteiger partial charge in [0.05, 0.1) is 13.2 Å². The van der Waals surface area contributed by atoms with Crippen molar-refractivity contribution >= 4 is 17.1 Å². The number of nitrogens with one attached hydrogen (secondary N) is 1. The van der Waals surface area contributed by atoms with Crippen molar-refractivity contribution < 1.29 is 4.74 Å². The van der Waals surface area contributed by atoms with Gasteiger partial charge in [0, 0.05) is 26.7 Å². The number of rotatable bonds is 7. The van der Waals surface area contributed by atoms with Crippen molar-refractivity contribution in [1.29, 1.82) is 0 Å². The summed E-state index contributed by atoms with van der Waals surface area (Å²) >= 11 is 0. The Bertz CT molecular complexity index is 771. The maximum absolute atomic E-state index is 12.6. The molecule has 0 unspecified atom stereocenters. The third-order valence-corrected chi connectivity index (χ3v) is 3.60. The largest absolute Gasteiger partial charge is 0.383 e. The lowest BCUT2D eigenvalue weighted by molar-refractivity contribution is 0.186. The summed E-state index contributed by atoms with van der Waals surface area (Å²) in [6.07, 6.45) is 0. The van der Waals surface area contributed by atoms with Gasteiger partial charge in [0.15, 0.2) is 11.2 Å². The Morgan fingerprint density at radius 1 is 1.09 bits per heavy atom. The van der Waals surface area contributed by atoms with Crippen LogP contribution in [0.5, 0.6) is 0 Å². The van der Waals surface area contributed by atoms with Crippen molar-refractivity contribution in [3.05, 3.63) is 20.8 Å². The van der Waals surface area contributed by atoms with E-state index >= 15 is 0 Å². The summed E-state index contributed by atoms with van der Waals surface area (Å²) < 4.78 is 9.63. The van der Waals surface area contributed by atoms with Crippen molar-refractivity contribution in [2.75, 3.05) is 25.6 Å². The molecule has 0 aromatic carbocycles. The first-order valence-corrected chi connectivity index (χ1v) is 7.57. The van der Waals surface area contributed by atoms with Gasteiger partial charge in [-0.2, -0.15) is 4.98 Å². The van der Waals surface area contributed by atoms with Crippen molar-refractivity contribution in [2.24, 2.45) is 0 Å². The summed E-state index contributed by atoms with van der Waals surface area (Å²) in [4.78, 5) is 29.6. The normalized spacial score (nSPS) is 11.3. The van der Waals surface area contributed by atoms with Crippen molar-refractivity contribution in [3.8, 4) is 0 Å². The Morgan fingerprint density at radius 3 is 2.32 bits per heavy atom. The summed E-state index contributed by atoms with van der Waals surface area (Å²) in [5.74, 6) is 0.608. The average Bonchev–Trinajstić information content (AvgIpc) is 2.86. The first-order chi connectivity index (χ1) is 10.6. The number of aromatic nitrogens is 4. The van der Waals surface area contributed by atoms with Gasteiger partial charge in [0.1, 0.15) is 0 Å². The summed E-state index contributed by atoms with van der Waals surface area (Å²) in [6.45, 7) is 8.04. The van der Waals surface area contributed by atoms with E-state index in [4.69, 9.17) is 4.74 Å². The molecule has 1 N–H and O–H groups in total. The Hall–Kier alpha value is -2.09. The Kier molecular flexibility index (Phi) is 5.02. The summed E-state index contributed by atoms with van der Waals surface area (Å²) in [7, 11) is 1.58. The van der Waals surface area contributed by atoms with E-state index in [2.05, 4.69) is 10.3 Å². The molecule has 0 spiro atoms. The molecule has 2 rings (SSSR count). The Balaban J connectivity index is 2.86. The van der Waals surface area contributed by atoms with E-state index in [9.17, 15) is 9.59 Å². The molecule has 0 aliphatic rings. The second kappa shape index (κ2) is 6.78. The molecule has 8 nitrogen and oxygen atoms in total. The Labute approximate surface area is 128 Å². The highest BCUT2D eigenvalue weighted by atomic mass is 16.5. The van der Waals surface area contributed by atoms with Crippen LogP contribution in [0.15, 0.2) is 9.59 Å². The van der Waals surface area contributed by atoms with Gasteiger partial charge in [-0.1, -0.05) is 0 Å². The topological polar surface area (TPSA) is 83.1 Å². The summed E-state index contributed by atoms with van der Waals surface area (Å²) in [5, 5.41) is 3.14. The second-order valence-corrected chi connectivity index (χ2v) is 4.86. The molecule has 22 heavy (non-hydrogen) atoms. The van der Waals surface area contributed by atoms with Crippen LogP contribution in [0.2, 0.25) is 0 Å². The van der Waals surface area contributed by atoms with Gasteiger partial charge in [-0.05, 0) is 20.8 Å². The van der Waals surface area contributed by atoms with Gasteiger partial charge in [-0.15, -0.1) is 0 Å². The highest BCUT2D eigenvalue weighted by Gasteiger charge is 2.19. The SMILES string of the molecule is CCNc1nc2c(c(=O)n(CC)c(=O)n2CCOC)n1CC. The van der Waals surface area contributed by atoms with Crippen LogP contribution in [0.25, 0.3) is 11.2 Å².